The molecule has 140 valence electrons. The number of nitrogens with one attached hydrogen (secondary N) is 2. The maximum absolute atomic E-state index is 13.1. The first-order valence-electron chi connectivity index (χ1n) is 8.25. The fourth-order valence-corrected chi connectivity index (χ4v) is 3.66. The summed E-state index contributed by atoms with van der Waals surface area (Å²) in [5.41, 5.74) is 0.852. The van der Waals surface area contributed by atoms with Gasteiger partial charge >= 0.3 is 0 Å². The van der Waals surface area contributed by atoms with Crippen LogP contribution < -0.4 is 10.6 Å². The molecule has 7 nitrogen and oxygen atoms in total. The largest absolute Gasteiger partial charge is 0.395 e. The number of rotatable bonds is 5. The molecule has 1 unspecified atom stereocenters. The second-order valence-corrected chi connectivity index (χ2v) is 6.89. The normalized spacial score (nSPS) is 13.6. The van der Waals surface area contributed by atoms with Crippen LogP contribution in [0.4, 0.5) is 5.69 Å². The van der Waals surface area contributed by atoms with Gasteiger partial charge in [0.15, 0.2) is 11.6 Å². The molecule has 2 aromatic carbocycles. The van der Waals surface area contributed by atoms with Crippen LogP contribution in [0.5, 0.6) is 0 Å². The monoisotopic (exact) mass is 432 g/mol. The highest BCUT2D eigenvalue weighted by Crippen LogP contribution is 2.38. The summed E-state index contributed by atoms with van der Waals surface area (Å²) >= 11 is 3.30. The highest BCUT2D eigenvalue weighted by Gasteiger charge is 2.35. The predicted molar refractivity (Wildman–Crippen MR) is 102 cm³/mol. The van der Waals surface area contributed by atoms with Crippen LogP contribution in [0.1, 0.15) is 49.1 Å². The third-order valence-corrected chi connectivity index (χ3v) is 4.77. The Bertz CT molecular complexity index is 955. The van der Waals surface area contributed by atoms with E-state index in [1.807, 2.05) is 0 Å². The molecule has 2 aromatic rings. The zero-order chi connectivity index (χ0) is 19.7. The number of carbonyl (C=O) groups is 3. The molecule has 8 heteroatoms. The predicted octanol–water partition coefficient (Wildman–Crippen LogP) is 1.70. The molecule has 1 amide bonds. The summed E-state index contributed by atoms with van der Waals surface area (Å²) in [6.07, 6.45) is -1.07. The van der Waals surface area contributed by atoms with Crippen LogP contribution in [-0.4, -0.2) is 47.1 Å². The van der Waals surface area contributed by atoms with Gasteiger partial charge in [-0.3, -0.25) is 14.4 Å². The van der Waals surface area contributed by atoms with Crippen LogP contribution >= 0.6 is 15.9 Å². The van der Waals surface area contributed by atoms with Crippen LogP contribution in [0.3, 0.4) is 0 Å². The average molecular weight is 433 g/mol. The van der Waals surface area contributed by atoms with E-state index in [1.165, 1.54) is 13.0 Å². The van der Waals surface area contributed by atoms with Crippen LogP contribution in [0.2, 0.25) is 0 Å². The molecule has 0 spiro atoms. The Morgan fingerprint density at radius 1 is 1.15 bits per heavy atom. The molecule has 0 radical (unpaired) electrons. The summed E-state index contributed by atoms with van der Waals surface area (Å²) in [4.78, 5) is 38.6. The summed E-state index contributed by atoms with van der Waals surface area (Å²) in [7, 11) is 0. The van der Waals surface area contributed by atoms with Crippen molar-refractivity contribution in [2.45, 2.75) is 13.2 Å². The van der Waals surface area contributed by atoms with Crippen molar-refractivity contribution >= 4 is 39.1 Å². The smallest absolute Gasteiger partial charge is 0.253 e. The number of hydrogen-bond acceptors (Lipinski definition) is 6. The third kappa shape index (κ3) is 3.39. The highest BCUT2D eigenvalue weighted by molar-refractivity contribution is 9.10. The number of amides is 1. The molecule has 27 heavy (non-hydrogen) atoms. The van der Waals surface area contributed by atoms with Gasteiger partial charge in [-0.2, -0.15) is 0 Å². The molecule has 3 rings (SSSR count). The van der Waals surface area contributed by atoms with Crippen molar-refractivity contribution in [3.63, 3.8) is 0 Å². The van der Waals surface area contributed by atoms with Gasteiger partial charge in [-0.05, 0) is 28.9 Å². The number of carbonyl (C=O) groups excluding carboxylic acids is 3. The van der Waals surface area contributed by atoms with E-state index in [0.717, 1.165) is 0 Å². The molecule has 1 atom stereocenters. The molecule has 0 aliphatic heterocycles. The summed E-state index contributed by atoms with van der Waals surface area (Å²) < 4.78 is 0.302. The molecule has 1 aliphatic rings. The van der Waals surface area contributed by atoms with Gasteiger partial charge in [-0.15, -0.1) is 0 Å². The Hall–Kier alpha value is -2.55. The van der Waals surface area contributed by atoms with E-state index in [2.05, 4.69) is 26.6 Å². The van der Waals surface area contributed by atoms with Gasteiger partial charge in [0, 0.05) is 22.1 Å². The van der Waals surface area contributed by atoms with Gasteiger partial charge in [0.2, 0.25) is 0 Å². The minimum Gasteiger partial charge on any atom is -0.395 e. The van der Waals surface area contributed by atoms with E-state index >= 15 is 0 Å². The van der Waals surface area contributed by atoms with E-state index in [9.17, 15) is 19.5 Å². The van der Waals surface area contributed by atoms with Gasteiger partial charge in [0.25, 0.3) is 5.91 Å². The summed E-state index contributed by atoms with van der Waals surface area (Å²) in [6, 6.07) is 7.89. The summed E-state index contributed by atoms with van der Waals surface area (Å²) in [5.74, 6) is -1.31. The molecule has 4 N–H and O–H groups in total. The SMILES string of the molecule is CC(O)Nc1c(C(=O)NCCO)cc(Br)c2c1C(=O)c1ccccc1C2=O. The number of fused-ring (bicyclic) bond motifs is 2. The lowest BCUT2D eigenvalue weighted by molar-refractivity contribution is 0.0943. The minimum atomic E-state index is -1.07. The van der Waals surface area contributed by atoms with Gasteiger partial charge in [-0.1, -0.05) is 24.3 Å². The van der Waals surface area contributed by atoms with Crippen LogP contribution in [0.15, 0.2) is 34.8 Å². The lowest BCUT2D eigenvalue weighted by Crippen LogP contribution is -2.31. The lowest BCUT2D eigenvalue weighted by atomic mass is 9.82. The van der Waals surface area contributed by atoms with Crippen molar-refractivity contribution in [1.29, 1.82) is 0 Å². The van der Waals surface area contributed by atoms with Crippen LogP contribution in [0.25, 0.3) is 0 Å². The number of halogens is 1. The fraction of sp³-hybridized carbons (Fsp3) is 0.211. The number of anilines is 1. The first-order chi connectivity index (χ1) is 12.9. The molecule has 0 fully saturated rings. The average Bonchev–Trinajstić information content (AvgIpc) is 2.64. The van der Waals surface area contributed by atoms with Crippen molar-refractivity contribution in [3.8, 4) is 0 Å². The second-order valence-electron chi connectivity index (χ2n) is 6.03. The quantitative estimate of drug-likeness (QED) is 0.456. The molecule has 0 aromatic heterocycles. The topological polar surface area (TPSA) is 116 Å². The molecule has 0 saturated heterocycles. The Kier molecular flexibility index (Phi) is 5.41. The maximum atomic E-state index is 13.1. The standard InChI is InChI=1S/C19H17BrN2O5/c1-9(24)22-16-12(19(27)21-6-7-23)8-13(20)14-15(16)18(26)11-5-3-2-4-10(11)17(14)25/h2-5,8-9,22-24H,6-7H2,1H3,(H,21,27). The molecular weight excluding hydrogens is 416 g/mol. The first kappa shape index (κ1) is 19.2. The van der Waals surface area contributed by atoms with E-state index in [1.54, 1.807) is 24.3 Å². The molecule has 1 aliphatic carbocycles. The molecule has 0 heterocycles. The van der Waals surface area contributed by atoms with Gasteiger partial charge in [0.1, 0.15) is 6.23 Å². The zero-order valence-electron chi connectivity index (χ0n) is 14.4. The van der Waals surface area contributed by atoms with Gasteiger partial charge in [-0.25, -0.2) is 0 Å². The Morgan fingerprint density at radius 3 is 2.30 bits per heavy atom. The second kappa shape index (κ2) is 7.59. The van der Waals surface area contributed by atoms with E-state index in [4.69, 9.17) is 5.11 Å². The number of ketones is 2. The van der Waals surface area contributed by atoms with E-state index in [0.29, 0.717) is 4.47 Å². The van der Waals surface area contributed by atoms with Gasteiger partial charge < -0.3 is 20.8 Å². The van der Waals surface area contributed by atoms with Gasteiger partial charge in [0.05, 0.1) is 29.0 Å². The van der Waals surface area contributed by atoms with Crippen molar-refractivity contribution in [2.24, 2.45) is 0 Å². The van der Waals surface area contributed by atoms with Crippen molar-refractivity contribution in [3.05, 3.63) is 62.6 Å². The summed E-state index contributed by atoms with van der Waals surface area (Å²) in [5, 5.41) is 24.0. The third-order valence-electron chi connectivity index (χ3n) is 4.14. The maximum Gasteiger partial charge on any atom is 0.253 e. The van der Waals surface area contributed by atoms with E-state index < -0.39 is 17.9 Å². The fourth-order valence-electron chi connectivity index (χ4n) is 3.05. The zero-order valence-corrected chi connectivity index (χ0v) is 16.0. The Labute approximate surface area is 163 Å². The number of aliphatic hydroxyl groups excluding tert-OH is 2. The molecular formula is C19H17BrN2O5. The van der Waals surface area contributed by atoms with Crippen molar-refractivity contribution in [1.82, 2.24) is 5.32 Å². The highest BCUT2D eigenvalue weighted by atomic mass is 79.9. The van der Waals surface area contributed by atoms with Crippen molar-refractivity contribution < 1.29 is 24.6 Å². The number of aliphatic hydroxyl groups is 2. The lowest BCUT2D eigenvalue weighted by Gasteiger charge is -2.25. The summed E-state index contributed by atoms with van der Waals surface area (Å²) in [6.45, 7) is 1.21. The Morgan fingerprint density at radius 2 is 1.74 bits per heavy atom. The molecule has 0 saturated carbocycles. The minimum absolute atomic E-state index is 0.0252. The van der Waals surface area contributed by atoms with Crippen molar-refractivity contribution in [2.75, 3.05) is 18.5 Å². The first-order valence-corrected chi connectivity index (χ1v) is 9.04. The van der Waals surface area contributed by atoms with Crippen LogP contribution in [-0.2, 0) is 0 Å². The number of hydrogen-bond donors (Lipinski definition) is 4. The Balaban J connectivity index is 2.27. The van der Waals surface area contributed by atoms with Crippen LogP contribution in [0, 0.1) is 0 Å². The molecule has 0 bridgehead atoms. The van der Waals surface area contributed by atoms with E-state index in [-0.39, 0.29) is 52.4 Å². The number of benzene rings is 2.